The van der Waals surface area contributed by atoms with Crippen LogP contribution in [0.2, 0.25) is 0 Å². The Morgan fingerprint density at radius 2 is 1.84 bits per heavy atom. The van der Waals surface area contributed by atoms with E-state index in [2.05, 4.69) is 10.6 Å². The average molecular weight is 268 g/mol. The van der Waals surface area contributed by atoms with Crippen LogP contribution in [0.1, 0.15) is 19.4 Å². The molecule has 0 spiro atoms. The number of amides is 2. The lowest BCUT2D eigenvalue weighted by atomic mass is 9.96. The van der Waals surface area contributed by atoms with E-state index in [1.165, 1.54) is 38.1 Å². The van der Waals surface area contributed by atoms with Gasteiger partial charge in [0.1, 0.15) is 11.4 Å². The molecule has 0 aromatic heterocycles. The Morgan fingerprint density at radius 3 is 2.37 bits per heavy atom. The van der Waals surface area contributed by atoms with Crippen molar-refractivity contribution < 1.29 is 19.1 Å². The summed E-state index contributed by atoms with van der Waals surface area (Å²) in [6.45, 7) is 2.65. The molecule has 1 rings (SSSR count). The Hall–Kier alpha value is -1.95. The van der Waals surface area contributed by atoms with Gasteiger partial charge in [0.2, 0.25) is 11.8 Å². The molecule has 6 heteroatoms. The molecule has 1 unspecified atom stereocenters. The van der Waals surface area contributed by atoms with Crippen LogP contribution in [0, 0.1) is 5.82 Å². The summed E-state index contributed by atoms with van der Waals surface area (Å²) in [7, 11) is 0. The molecule has 0 aliphatic carbocycles. The van der Waals surface area contributed by atoms with Gasteiger partial charge in [0.05, 0.1) is 13.1 Å². The van der Waals surface area contributed by atoms with Crippen LogP contribution in [0.3, 0.4) is 0 Å². The minimum absolute atomic E-state index is 0.0307. The van der Waals surface area contributed by atoms with Gasteiger partial charge in [-0.25, -0.2) is 4.39 Å². The monoisotopic (exact) mass is 268 g/mol. The summed E-state index contributed by atoms with van der Waals surface area (Å²) in [4.78, 5) is 22.0. The van der Waals surface area contributed by atoms with E-state index in [-0.39, 0.29) is 19.0 Å². The molecule has 0 saturated carbocycles. The number of carbonyl (C=O) groups excluding carboxylic acids is 2. The molecule has 3 N–H and O–H groups in total. The number of hydrogen-bond donors (Lipinski definition) is 3. The van der Waals surface area contributed by atoms with Gasteiger partial charge in [0, 0.05) is 6.92 Å². The molecule has 0 heterocycles. The quantitative estimate of drug-likeness (QED) is 0.718. The van der Waals surface area contributed by atoms with Crippen molar-refractivity contribution in [3.8, 4) is 0 Å². The lowest BCUT2D eigenvalue weighted by molar-refractivity contribution is -0.125. The predicted molar refractivity (Wildman–Crippen MR) is 67.7 cm³/mol. The molecule has 5 nitrogen and oxygen atoms in total. The zero-order valence-electron chi connectivity index (χ0n) is 10.9. The lowest BCUT2D eigenvalue weighted by Crippen LogP contribution is -2.42. The standard InChI is InChI=1S/C13H17FN2O3/c1-9(17)15-7-12(18)16-8-13(2,19)10-3-5-11(14)6-4-10/h3-6,19H,7-8H2,1-2H3,(H,15,17)(H,16,18). The molecule has 2 amide bonds. The van der Waals surface area contributed by atoms with E-state index < -0.39 is 17.3 Å². The van der Waals surface area contributed by atoms with Crippen molar-refractivity contribution in [2.24, 2.45) is 0 Å². The predicted octanol–water partition coefficient (Wildman–Crippen LogP) is 0.286. The van der Waals surface area contributed by atoms with Crippen LogP contribution in [0.15, 0.2) is 24.3 Å². The van der Waals surface area contributed by atoms with E-state index in [1.54, 1.807) is 0 Å². The topological polar surface area (TPSA) is 78.4 Å². The van der Waals surface area contributed by atoms with E-state index in [1.807, 2.05) is 0 Å². The fourth-order valence-electron chi connectivity index (χ4n) is 1.45. The summed E-state index contributed by atoms with van der Waals surface area (Å²) in [6, 6.07) is 5.39. The maximum Gasteiger partial charge on any atom is 0.239 e. The first-order chi connectivity index (χ1) is 8.81. The third-order valence-corrected chi connectivity index (χ3v) is 2.59. The van der Waals surface area contributed by atoms with Crippen LogP contribution in [-0.4, -0.2) is 30.0 Å². The van der Waals surface area contributed by atoms with Crippen LogP contribution in [0.5, 0.6) is 0 Å². The third-order valence-electron chi connectivity index (χ3n) is 2.59. The highest BCUT2D eigenvalue weighted by molar-refractivity contribution is 5.83. The molecule has 1 aromatic carbocycles. The van der Waals surface area contributed by atoms with Crippen molar-refractivity contribution in [2.45, 2.75) is 19.4 Å². The Labute approximate surface area is 110 Å². The van der Waals surface area contributed by atoms with Crippen molar-refractivity contribution in [1.29, 1.82) is 0 Å². The van der Waals surface area contributed by atoms with Gasteiger partial charge < -0.3 is 15.7 Å². The van der Waals surface area contributed by atoms with Gasteiger partial charge in [0.15, 0.2) is 0 Å². The molecule has 0 bridgehead atoms. The zero-order chi connectivity index (χ0) is 14.5. The Morgan fingerprint density at radius 1 is 1.26 bits per heavy atom. The van der Waals surface area contributed by atoms with Crippen molar-refractivity contribution in [3.63, 3.8) is 0 Å². The Bertz CT molecular complexity index is 457. The second-order valence-electron chi connectivity index (χ2n) is 4.47. The van der Waals surface area contributed by atoms with Crippen molar-refractivity contribution >= 4 is 11.8 Å². The minimum atomic E-state index is -1.31. The summed E-state index contributed by atoms with van der Waals surface area (Å²) in [6.07, 6.45) is 0. The number of nitrogens with one attached hydrogen (secondary N) is 2. The molecule has 0 aliphatic heterocycles. The van der Waals surface area contributed by atoms with Crippen molar-refractivity contribution in [2.75, 3.05) is 13.1 Å². The zero-order valence-corrected chi connectivity index (χ0v) is 10.9. The SMILES string of the molecule is CC(=O)NCC(=O)NCC(C)(O)c1ccc(F)cc1. The van der Waals surface area contributed by atoms with Crippen molar-refractivity contribution in [3.05, 3.63) is 35.6 Å². The highest BCUT2D eigenvalue weighted by Gasteiger charge is 2.23. The fourth-order valence-corrected chi connectivity index (χ4v) is 1.45. The summed E-state index contributed by atoms with van der Waals surface area (Å²) >= 11 is 0. The van der Waals surface area contributed by atoms with Crippen molar-refractivity contribution in [1.82, 2.24) is 10.6 Å². The summed E-state index contributed by atoms with van der Waals surface area (Å²) in [5, 5.41) is 15.0. The fraction of sp³-hybridized carbons (Fsp3) is 0.385. The van der Waals surface area contributed by atoms with Crippen LogP contribution in [-0.2, 0) is 15.2 Å². The molecule has 0 aliphatic rings. The van der Waals surface area contributed by atoms with Gasteiger partial charge >= 0.3 is 0 Å². The summed E-state index contributed by atoms with van der Waals surface area (Å²) in [5.74, 6) is -1.10. The highest BCUT2D eigenvalue weighted by atomic mass is 19.1. The maximum absolute atomic E-state index is 12.8. The first kappa shape index (κ1) is 15.1. The summed E-state index contributed by atoms with van der Waals surface area (Å²) in [5.41, 5.74) is -0.812. The van der Waals surface area contributed by atoms with Gasteiger partial charge in [0.25, 0.3) is 0 Å². The molecule has 0 saturated heterocycles. The van der Waals surface area contributed by atoms with Gasteiger partial charge in [-0.3, -0.25) is 9.59 Å². The van der Waals surface area contributed by atoms with Crippen LogP contribution in [0.4, 0.5) is 4.39 Å². The van der Waals surface area contributed by atoms with Gasteiger partial charge in [-0.05, 0) is 24.6 Å². The van der Waals surface area contributed by atoms with Gasteiger partial charge in [-0.1, -0.05) is 12.1 Å². The second kappa shape index (κ2) is 6.29. The van der Waals surface area contributed by atoms with Crippen LogP contribution in [0.25, 0.3) is 0 Å². The first-order valence-electron chi connectivity index (χ1n) is 5.81. The number of hydrogen-bond acceptors (Lipinski definition) is 3. The number of carbonyl (C=O) groups is 2. The molecule has 0 fully saturated rings. The smallest absolute Gasteiger partial charge is 0.239 e. The van der Waals surface area contributed by atoms with E-state index >= 15 is 0 Å². The molecule has 1 atom stereocenters. The maximum atomic E-state index is 12.8. The normalized spacial score (nSPS) is 13.5. The number of halogens is 1. The highest BCUT2D eigenvalue weighted by Crippen LogP contribution is 2.19. The van der Waals surface area contributed by atoms with Gasteiger partial charge in [-0.15, -0.1) is 0 Å². The second-order valence-corrected chi connectivity index (χ2v) is 4.47. The lowest BCUT2D eigenvalue weighted by Gasteiger charge is -2.24. The van der Waals surface area contributed by atoms with E-state index in [0.29, 0.717) is 5.56 Å². The number of rotatable bonds is 5. The average Bonchev–Trinajstić information content (AvgIpc) is 2.34. The molecule has 1 aromatic rings. The third kappa shape index (κ3) is 5.05. The van der Waals surface area contributed by atoms with Crippen LogP contribution < -0.4 is 10.6 Å². The minimum Gasteiger partial charge on any atom is -0.384 e. The molecule has 104 valence electrons. The number of aliphatic hydroxyl groups is 1. The van der Waals surface area contributed by atoms with E-state index in [9.17, 15) is 19.1 Å². The largest absolute Gasteiger partial charge is 0.384 e. The van der Waals surface area contributed by atoms with Crippen LogP contribution >= 0.6 is 0 Å². The van der Waals surface area contributed by atoms with Gasteiger partial charge in [-0.2, -0.15) is 0 Å². The van der Waals surface area contributed by atoms with E-state index in [4.69, 9.17) is 0 Å². The molecular weight excluding hydrogens is 251 g/mol. The molecule has 19 heavy (non-hydrogen) atoms. The number of benzene rings is 1. The Balaban J connectivity index is 2.53. The first-order valence-corrected chi connectivity index (χ1v) is 5.81. The van der Waals surface area contributed by atoms with E-state index in [0.717, 1.165) is 0 Å². The Kier molecular flexibility index (Phi) is 5.00. The molecule has 0 radical (unpaired) electrons. The summed E-state index contributed by atoms with van der Waals surface area (Å²) < 4.78 is 12.8. The molecular formula is C13H17FN2O3.